The molecule has 5 nitrogen and oxygen atoms in total. The fourth-order valence-corrected chi connectivity index (χ4v) is 3.29. The van der Waals surface area contributed by atoms with E-state index in [9.17, 15) is 4.79 Å². The van der Waals surface area contributed by atoms with E-state index >= 15 is 0 Å². The number of fused-ring (bicyclic) bond motifs is 1. The van der Waals surface area contributed by atoms with Gasteiger partial charge < -0.3 is 9.80 Å². The minimum atomic E-state index is 0.0592. The molecule has 0 spiro atoms. The van der Waals surface area contributed by atoms with Crippen molar-refractivity contribution in [2.45, 2.75) is 25.8 Å². The molecule has 1 amide bonds. The van der Waals surface area contributed by atoms with Crippen molar-refractivity contribution in [3.8, 4) is 0 Å². The second-order valence-electron chi connectivity index (χ2n) is 6.19. The fourth-order valence-electron chi connectivity index (χ4n) is 3.29. The lowest BCUT2D eigenvalue weighted by atomic mass is 10.1. The molecule has 5 heteroatoms. The third-order valence-corrected chi connectivity index (χ3v) is 4.62. The molecule has 2 aliphatic heterocycles. The number of anilines is 1. The highest BCUT2D eigenvalue weighted by Gasteiger charge is 2.30. The van der Waals surface area contributed by atoms with Crippen LogP contribution >= 0.6 is 0 Å². The zero-order valence-corrected chi connectivity index (χ0v) is 13.1. The summed E-state index contributed by atoms with van der Waals surface area (Å²) in [6.07, 6.45) is 4.97. The Morgan fingerprint density at radius 2 is 1.87 bits per heavy atom. The average Bonchev–Trinajstić information content (AvgIpc) is 3.22. The first kappa shape index (κ1) is 14.2. The molecule has 0 atom stereocenters. The van der Waals surface area contributed by atoms with Gasteiger partial charge in [0.2, 0.25) is 5.95 Å². The summed E-state index contributed by atoms with van der Waals surface area (Å²) >= 11 is 0. The van der Waals surface area contributed by atoms with Gasteiger partial charge >= 0.3 is 0 Å². The molecule has 2 aliphatic rings. The standard InChI is InChI=1S/C18H20N4O/c23-17-15-12-19-18(21-9-4-5-10-21)20-16(15)13-22(17)11-8-14-6-2-1-3-7-14/h1-3,6-7,12H,4-5,8-11,13H2. The zero-order valence-electron chi connectivity index (χ0n) is 13.1. The minimum absolute atomic E-state index is 0.0592. The highest BCUT2D eigenvalue weighted by molar-refractivity contribution is 5.97. The fraction of sp³-hybridized carbons (Fsp3) is 0.389. The summed E-state index contributed by atoms with van der Waals surface area (Å²) in [6, 6.07) is 10.3. The Morgan fingerprint density at radius 3 is 2.65 bits per heavy atom. The van der Waals surface area contributed by atoms with E-state index < -0.39 is 0 Å². The first-order chi connectivity index (χ1) is 11.3. The van der Waals surface area contributed by atoms with Crippen molar-refractivity contribution in [1.29, 1.82) is 0 Å². The van der Waals surface area contributed by atoms with Gasteiger partial charge in [0, 0.05) is 25.8 Å². The molecule has 2 aromatic rings. The molecule has 1 aromatic carbocycles. The van der Waals surface area contributed by atoms with Gasteiger partial charge in [-0.05, 0) is 24.8 Å². The normalized spacial score (nSPS) is 17.0. The molecule has 1 saturated heterocycles. The van der Waals surface area contributed by atoms with Gasteiger partial charge in [-0.3, -0.25) is 4.79 Å². The Labute approximate surface area is 136 Å². The van der Waals surface area contributed by atoms with Crippen molar-refractivity contribution in [3.63, 3.8) is 0 Å². The van der Waals surface area contributed by atoms with E-state index in [-0.39, 0.29) is 5.91 Å². The van der Waals surface area contributed by atoms with Gasteiger partial charge in [0.15, 0.2) is 0 Å². The molecule has 0 unspecified atom stereocenters. The van der Waals surface area contributed by atoms with E-state index in [1.54, 1.807) is 6.20 Å². The van der Waals surface area contributed by atoms with E-state index in [0.29, 0.717) is 12.1 Å². The number of aromatic nitrogens is 2. The summed E-state index contributed by atoms with van der Waals surface area (Å²) in [4.78, 5) is 25.6. The summed E-state index contributed by atoms with van der Waals surface area (Å²) in [5.41, 5.74) is 2.79. The molecule has 23 heavy (non-hydrogen) atoms. The first-order valence-electron chi connectivity index (χ1n) is 8.25. The third-order valence-electron chi connectivity index (χ3n) is 4.62. The predicted octanol–water partition coefficient (Wildman–Crippen LogP) is 2.28. The number of hydrogen-bond donors (Lipinski definition) is 0. The van der Waals surface area contributed by atoms with Crippen LogP contribution in [-0.4, -0.2) is 40.4 Å². The molecule has 1 aromatic heterocycles. The molecule has 1 fully saturated rings. The Morgan fingerprint density at radius 1 is 1.09 bits per heavy atom. The quantitative estimate of drug-likeness (QED) is 0.869. The first-order valence-corrected chi connectivity index (χ1v) is 8.25. The smallest absolute Gasteiger partial charge is 0.257 e. The largest absolute Gasteiger partial charge is 0.341 e. The van der Waals surface area contributed by atoms with Crippen LogP contribution in [-0.2, 0) is 13.0 Å². The number of nitrogens with zero attached hydrogens (tertiary/aromatic N) is 4. The molecule has 0 radical (unpaired) electrons. The Balaban J connectivity index is 1.46. The van der Waals surface area contributed by atoms with Gasteiger partial charge in [-0.2, -0.15) is 0 Å². The van der Waals surface area contributed by atoms with Crippen LogP contribution in [0.5, 0.6) is 0 Å². The topological polar surface area (TPSA) is 49.3 Å². The van der Waals surface area contributed by atoms with Crippen molar-refractivity contribution < 1.29 is 4.79 Å². The van der Waals surface area contributed by atoms with Crippen LogP contribution in [0.15, 0.2) is 36.5 Å². The summed E-state index contributed by atoms with van der Waals surface area (Å²) in [6.45, 7) is 3.36. The number of rotatable bonds is 4. The molecule has 3 heterocycles. The average molecular weight is 308 g/mol. The maximum Gasteiger partial charge on any atom is 0.257 e. The molecule has 0 saturated carbocycles. The molecule has 0 aliphatic carbocycles. The summed E-state index contributed by atoms with van der Waals surface area (Å²) < 4.78 is 0. The molecule has 0 bridgehead atoms. The van der Waals surface area contributed by atoms with E-state index in [1.807, 2.05) is 23.1 Å². The van der Waals surface area contributed by atoms with E-state index in [1.165, 1.54) is 18.4 Å². The summed E-state index contributed by atoms with van der Waals surface area (Å²) in [7, 11) is 0. The van der Waals surface area contributed by atoms with Gasteiger partial charge in [-0.25, -0.2) is 9.97 Å². The third kappa shape index (κ3) is 2.79. The number of amides is 1. The lowest BCUT2D eigenvalue weighted by molar-refractivity contribution is 0.0780. The highest BCUT2D eigenvalue weighted by atomic mass is 16.2. The molecular formula is C18H20N4O. The lowest BCUT2D eigenvalue weighted by Crippen LogP contribution is -2.26. The Kier molecular flexibility index (Phi) is 3.69. The second kappa shape index (κ2) is 5.99. The van der Waals surface area contributed by atoms with Crippen LogP contribution in [0.3, 0.4) is 0 Å². The Bertz CT molecular complexity index is 710. The minimum Gasteiger partial charge on any atom is -0.341 e. The van der Waals surface area contributed by atoms with Crippen molar-refractivity contribution >= 4 is 11.9 Å². The molecular weight excluding hydrogens is 288 g/mol. The maximum atomic E-state index is 12.5. The highest BCUT2D eigenvalue weighted by Crippen LogP contribution is 2.24. The number of benzene rings is 1. The Hall–Kier alpha value is -2.43. The van der Waals surface area contributed by atoms with Gasteiger partial charge in [0.1, 0.15) is 0 Å². The van der Waals surface area contributed by atoms with Crippen molar-refractivity contribution in [3.05, 3.63) is 53.3 Å². The van der Waals surface area contributed by atoms with Crippen LogP contribution in [0.2, 0.25) is 0 Å². The van der Waals surface area contributed by atoms with Crippen molar-refractivity contribution in [2.24, 2.45) is 0 Å². The van der Waals surface area contributed by atoms with Crippen molar-refractivity contribution in [2.75, 3.05) is 24.5 Å². The van der Waals surface area contributed by atoms with Crippen LogP contribution in [0.25, 0.3) is 0 Å². The van der Waals surface area contributed by atoms with Crippen LogP contribution in [0.1, 0.15) is 34.5 Å². The number of hydrogen-bond acceptors (Lipinski definition) is 4. The molecule has 118 valence electrons. The monoisotopic (exact) mass is 308 g/mol. The zero-order chi connectivity index (χ0) is 15.6. The van der Waals surface area contributed by atoms with Crippen LogP contribution < -0.4 is 4.90 Å². The lowest BCUT2D eigenvalue weighted by Gasteiger charge is -2.15. The molecule has 4 rings (SSSR count). The number of carbonyl (C=O) groups is 1. The van der Waals surface area contributed by atoms with Gasteiger partial charge in [0.05, 0.1) is 17.8 Å². The van der Waals surface area contributed by atoms with Crippen LogP contribution in [0.4, 0.5) is 5.95 Å². The summed E-state index contributed by atoms with van der Waals surface area (Å²) in [5.74, 6) is 0.836. The summed E-state index contributed by atoms with van der Waals surface area (Å²) in [5, 5.41) is 0. The van der Waals surface area contributed by atoms with E-state index in [2.05, 4.69) is 27.0 Å². The predicted molar refractivity (Wildman–Crippen MR) is 88.4 cm³/mol. The molecule has 0 N–H and O–H groups in total. The van der Waals surface area contributed by atoms with Crippen molar-refractivity contribution in [1.82, 2.24) is 14.9 Å². The van der Waals surface area contributed by atoms with E-state index in [0.717, 1.165) is 37.7 Å². The van der Waals surface area contributed by atoms with Crippen LogP contribution in [0, 0.1) is 0 Å². The van der Waals surface area contributed by atoms with Gasteiger partial charge in [0.25, 0.3) is 5.91 Å². The number of carbonyl (C=O) groups excluding carboxylic acids is 1. The second-order valence-corrected chi connectivity index (χ2v) is 6.19. The maximum absolute atomic E-state index is 12.5. The van der Waals surface area contributed by atoms with E-state index in [4.69, 9.17) is 0 Å². The van der Waals surface area contributed by atoms with Gasteiger partial charge in [-0.15, -0.1) is 0 Å². The SMILES string of the molecule is O=C1c2cnc(N3CCCC3)nc2CN1CCc1ccccc1. The van der Waals surface area contributed by atoms with Gasteiger partial charge in [-0.1, -0.05) is 30.3 Å².